The number of hydrogen-bond acceptors (Lipinski definition) is 2. The van der Waals surface area contributed by atoms with Crippen LogP contribution in [-0.4, -0.2) is 23.7 Å². The van der Waals surface area contributed by atoms with Gasteiger partial charge in [0.25, 0.3) is 0 Å². The van der Waals surface area contributed by atoms with Crippen molar-refractivity contribution >= 4 is 23.8 Å². The number of anilines is 1. The van der Waals surface area contributed by atoms with Crippen molar-refractivity contribution in [3.63, 3.8) is 0 Å². The number of carboxylic acid groups (broad SMARTS) is 1. The first kappa shape index (κ1) is 13.5. The monoisotopic (exact) mass is 246 g/mol. The molecule has 0 spiro atoms. The van der Waals surface area contributed by atoms with E-state index >= 15 is 0 Å². The lowest BCUT2D eigenvalue weighted by Gasteiger charge is -2.05. The predicted molar refractivity (Wildman–Crippen MR) is 70.3 cm³/mol. The molecule has 3 N–H and O–H groups in total. The topological polar surface area (TPSA) is 78.4 Å². The Morgan fingerprint density at radius 3 is 2.50 bits per heavy atom. The molecule has 0 atom stereocenters. The van der Waals surface area contributed by atoms with Crippen LogP contribution in [-0.2, 0) is 4.79 Å². The minimum absolute atomic E-state index is 0.316. The highest BCUT2D eigenvalue weighted by Crippen LogP contribution is 2.10. The van der Waals surface area contributed by atoms with Gasteiger partial charge in [0.15, 0.2) is 0 Å². The second-order valence-corrected chi connectivity index (χ2v) is 3.42. The number of rotatable bonds is 5. The van der Waals surface area contributed by atoms with E-state index in [1.54, 1.807) is 30.3 Å². The molecule has 0 fully saturated rings. The lowest BCUT2D eigenvalue weighted by molar-refractivity contribution is -0.131. The SMILES string of the molecule is C=CCNC(=O)Nc1ccc(/C=C/C(=O)O)cc1. The maximum atomic E-state index is 11.3. The Bertz CT molecular complexity index is 464. The zero-order valence-corrected chi connectivity index (χ0v) is 9.72. The third kappa shape index (κ3) is 4.98. The molecule has 0 bridgehead atoms. The van der Waals surface area contributed by atoms with Crippen LogP contribution >= 0.6 is 0 Å². The highest BCUT2D eigenvalue weighted by atomic mass is 16.4. The molecule has 0 aliphatic heterocycles. The molecule has 0 aliphatic rings. The van der Waals surface area contributed by atoms with E-state index in [1.807, 2.05) is 0 Å². The van der Waals surface area contributed by atoms with Crippen molar-refractivity contribution in [1.82, 2.24) is 5.32 Å². The first-order chi connectivity index (χ1) is 8.61. The van der Waals surface area contributed by atoms with Gasteiger partial charge in [-0.1, -0.05) is 18.2 Å². The van der Waals surface area contributed by atoms with Crippen molar-refractivity contribution in [3.8, 4) is 0 Å². The van der Waals surface area contributed by atoms with Crippen LogP contribution in [0.15, 0.2) is 43.0 Å². The van der Waals surface area contributed by atoms with Gasteiger partial charge in [0.1, 0.15) is 0 Å². The van der Waals surface area contributed by atoms with E-state index in [0.29, 0.717) is 12.2 Å². The number of carbonyl (C=O) groups excluding carboxylic acids is 1. The van der Waals surface area contributed by atoms with Crippen LogP contribution < -0.4 is 10.6 Å². The molecule has 0 radical (unpaired) electrons. The van der Waals surface area contributed by atoms with Crippen LogP contribution in [0.4, 0.5) is 10.5 Å². The van der Waals surface area contributed by atoms with E-state index in [-0.39, 0.29) is 6.03 Å². The van der Waals surface area contributed by atoms with E-state index in [1.165, 1.54) is 6.08 Å². The van der Waals surface area contributed by atoms with Gasteiger partial charge in [-0.2, -0.15) is 0 Å². The third-order valence-electron chi connectivity index (χ3n) is 1.99. The summed E-state index contributed by atoms with van der Waals surface area (Å²) >= 11 is 0. The Morgan fingerprint density at radius 2 is 1.94 bits per heavy atom. The van der Waals surface area contributed by atoms with Gasteiger partial charge in [-0.05, 0) is 23.8 Å². The summed E-state index contributed by atoms with van der Waals surface area (Å²) in [6, 6.07) is 6.48. The van der Waals surface area contributed by atoms with Crippen molar-refractivity contribution in [2.45, 2.75) is 0 Å². The second-order valence-electron chi connectivity index (χ2n) is 3.42. The molecule has 5 heteroatoms. The first-order valence-electron chi connectivity index (χ1n) is 5.28. The van der Waals surface area contributed by atoms with Gasteiger partial charge in [0.2, 0.25) is 0 Å². The van der Waals surface area contributed by atoms with Gasteiger partial charge in [-0.15, -0.1) is 6.58 Å². The number of carbonyl (C=O) groups is 2. The Kier molecular flexibility index (Phi) is 5.18. The number of carboxylic acids is 1. The molecule has 0 saturated carbocycles. The Hall–Kier alpha value is -2.56. The molecule has 5 nitrogen and oxygen atoms in total. The fraction of sp³-hybridized carbons (Fsp3) is 0.0769. The molecule has 0 aliphatic carbocycles. The van der Waals surface area contributed by atoms with Crippen LogP contribution in [0.2, 0.25) is 0 Å². The third-order valence-corrected chi connectivity index (χ3v) is 1.99. The van der Waals surface area contributed by atoms with Gasteiger partial charge in [0, 0.05) is 18.3 Å². The van der Waals surface area contributed by atoms with Crippen molar-refractivity contribution in [3.05, 3.63) is 48.6 Å². The second kappa shape index (κ2) is 6.90. The van der Waals surface area contributed by atoms with E-state index in [4.69, 9.17) is 5.11 Å². The molecule has 0 heterocycles. The Balaban J connectivity index is 2.57. The summed E-state index contributed by atoms with van der Waals surface area (Å²) in [6.45, 7) is 3.88. The van der Waals surface area contributed by atoms with Gasteiger partial charge in [-0.25, -0.2) is 9.59 Å². The lowest BCUT2D eigenvalue weighted by Crippen LogP contribution is -2.28. The average Bonchev–Trinajstić information content (AvgIpc) is 2.35. The molecule has 18 heavy (non-hydrogen) atoms. The van der Waals surface area contributed by atoms with Crippen LogP contribution in [0.25, 0.3) is 6.08 Å². The quantitative estimate of drug-likeness (QED) is 0.550. The molecule has 1 aromatic carbocycles. The van der Waals surface area contributed by atoms with Crippen molar-refractivity contribution in [2.24, 2.45) is 0 Å². The van der Waals surface area contributed by atoms with Crippen LogP contribution in [0, 0.1) is 0 Å². The van der Waals surface area contributed by atoms with Crippen molar-refractivity contribution in [2.75, 3.05) is 11.9 Å². The van der Waals surface area contributed by atoms with E-state index in [2.05, 4.69) is 17.2 Å². The molecule has 2 amide bonds. The number of amides is 2. The summed E-state index contributed by atoms with van der Waals surface area (Å²) < 4.78 is 0. The molecule has 1 rings (SSSR count). The summed E-state index contributed by atoms with van der Waals surface area (Å²) in [5, 5.41) is 13.7. The summed E-state index contributed by atoms with van der Waals surface area (Å²) in [6.07, 6.45) is 4.11. The maximum absolute atomic E-state index is 11.3. The summed E-state index contributed by atoms with van der Waals surface area (Å²) in [7, 11) is 0. The van der Waals surface area contributed by atoms with Crippen LogP contribution in [0.5, 0.6) is 0 Å². The highest BCUT2D eigenvalue weighted by Gasteiger charge is 1.99. The first-order valence-corrected chi connectivity index (χ1v) is 5.28. The number of hydrogen-bond donors (Lipinski definition) is 3. The number of aliphatic carboxylic acids is 1. The Labute approximate surface area is 105 Å². The number of benzene rings is 1. The van der Waals surface area contributed by atoms with Crippen LogP contribution in [0.1, 0.15) is 5.56 Å². The maximum Gasteiger partial charge on any atom is 0.328 e. The van der Waals surface area contributed by atoms with E-state index < -0.39 is 5.97 Å². The minimum Gasteiger partial charge on any atom is -0.478 e. The van der Waals surface area contributed by atoms with Crippen molar-refractivity contribution in [1.29, 1.82) is 0 Å². The Morgan fingerprint density at radius 1 is 1.28 bits per heavy atom. The predicted octanol–water partition coefficient (Wildman–Crippen LogP) is 2.09. The number of nitrogens with one attached hydrogen (secondary N) is 2. The van der Waals surface area contributed by atoms with E-state index in [0.717, 1.165) is 11.6 Å². The number of urea groups is 1. The van der Waals surface area contributed by atoms with Crippen LogP contribution in [0.3, 0.4) is 0 Å². The van der Waals surface area contributed by atoms with Crippen molar-refractivity contribution < 1.29 is 14.7 Å². The molecule has 94 valence electrons. The summed E-state index contributed by atoms with van der Waals surface area (Å²) in [4.78, 5) is 21.6. The van der Waals surface area contributed by atoms with Gasteiger partial charge in [-0.3, -0.25) is 0 Å². The fourth-order valence-corrected chi connectivity index (χ4v) is 1.19. The lowest BCUT2D eigenvalue weighted by atomic mass is 10.2. The molecule has 1 aromatic rings. The van der Waals surface area contributed by atoms with Gasteiger partial charge < -0.3 is 15.7 Å². The zero-order valence-electron chi connectivity index (χ0n) is 9.72. The molecular formula is C13H14N2O3. The standard InChI is InChI=1S/C13H14N2O3/c1-2-9-14-13(18)15-11-6-3-10(4-7-11)5-8-12(16)17/h2-8H,1,9H2,(H,16,17)(H2,14,15,18)/b8-5+. The smallest absolute Gasteiger partial charge is 0.328 e. The van der Waals surface area contributed by atoms with Gasteiger partial charge >= 0.3 is 12.0 Å². The molecule has 0 aromatic heterocycles. The molecule has 0 saturated heterocycles. The fourth-order valence-electron chi connectivity index (χ4n) is 1.19. The summed E-state index contributed by atoms with van der Waals surface area (Å²) in [5.41, 5.74) is 1.37. The summed E-state index contributed by atoms with van der Waals surface area (Å²) in [5.74, 6) is -0.999. The minimum atomic E-state index is -0.999. The molecular weight excluding hydrogens is 232 g/mol. The largest absolute Gasteiger partial charge is 0.478 e. The highest BCUT2D eigenvalue weighted by molar-refractivity contribution is 5.89. The van der Waals surface area contributed by atoms with E-state index in [9.17, 15) is 9.59 Å². The molecule has 0 unspecified atom stereocenters. The van der Waals surface area contributed by atoms with Gasteiger partial charge in [0.05, 0.1) is 0 Å². The average molecular weight is 246 g/mol. The normalized spacial score (nSPS) is 10.0. The zero-order chi connectivity index (χ0) is 13.4.